The Morgan fingerprint density at radius 1 is 1.12 bits per heavy atom. The summed E-state index contributed by atoms with van der Waals surface area (Å²) in [5.74, 6) is -0.867. The number of carbonyl (C=O) groups excluding carboxylic acids is 1. The molecule has 0 heterocycles. The van der Waals surface area contributed by atoms with Crippen molar-refractivity contribution in [1.29, 1.82) is 0 Å². The molecule has 2 aromatic rings. The Balaban J connectivity index is 2.02. The number of phenolic OH excluding ortho intramolecular Hbond substituents is 2. The minimum absolute atomic E-state index is 0.239. The normalized spacial score (nSPS) is 10.8. The van der Waals surface area contributed by atoms with Gasteiger partial charge in [-0.05, 0) is 50.2 Å². The topological polar surface area (TPSA) is 85.2 Å². The summed E-state index contributed by atoms with van der Waals surface area (Å²) in [5.41, 5.74) is 4.26. The molecule has 0 aliphatic carbocycles. The maximum Gasteiger partial charge on any atom is 0.271 e. The van der Waals surface area contributed by atoms with E-state index in [0.717, 1.165) is 18.8 Å². The average molecular weight is 327 g/mol. The number of phenols is 2. The number of hydrogen-bond donors (Lipinski definition) is 3. The highest BCUT2D eigenvalue weighted by Gasteiger charge is 2.07. The fourth-order valence-electron chi connectivity index (χ4n) is 2.29. The summed E-state index contributed by atoms with van der Waals surface area (Å²) in [6.07, 6.45) is 1.28. The van der Waals surface area contributed by atoms with Crippen LogP contribution in [-0.2, 0) is 0 Å². The number of benzene rings is 2. The van der Waals surface area contributed by atoms with Gasteiger partial charge in [-0.1, -0.05) is 6.07 Å². The fourth-order valence-corrected chi connectivity index (χ4v) is 2.29. The number of hydrogen-bond acceptors (Lipinski definition) is 5. The molecule has 1 amide bonds. The molecule has 6 heteroatoms. The molecular weight excluding hydrogens is 306 g/mol. The fraction of sp³-hybridized carbons (Fsp3) is 0.222. The zero-order valence-electron chi connectivity index (χ0n) is 13.7. The third-order valence-electron chi connectivity index (χ3n) is 3.67. The first-order valence-corrected chi connectivity index (χ1v) is 7.76. The second kappa shape index (κ2) is 8.01. The average Bonchev–Trinajstić information content (AvgIpc) is 2.60. The van der Waals surface area contributed by atoms with Crippen molar-refractivity contribution >= 4 is 17.8 Å². The number of hydrazone groups is 1. The predicted octanol–water partition coefficient (Wildman–Crippen LogP) is 2.71. The zero-order chi connectivity index (χ0) is 17.5. The van der Waals surface area contributed by atoms with Crippen LogP contribution in [0, 0.1) is 0 Å². The monoisotopic (exact) mass is 327 g/mol. The van der Waals surface area contributed by atoms with Crippen LogP contribution in [0.4, 0.5) is 5.69 Å². The van der Waals surface area contributed by atoms with Crippen molar-refractivity contribution < 1.29 is 15.0 Å². The number of aromatic hydroxyl groups is 2. The van der Waals surface area contributed by atoms with Gasteiger partial charge in [0.05, 0.1) is 6.21 Å². The number of anilines is 1. The first kappa shape index (κ1) is 17.3. The molecule has 24 heavy (non-hydrogen) atoms. The van der Waals surface area contributed by atoms with Gasteiger partial charge in [-0.25, -0.2) is 5.43 Å². The Bertz CT molecular complexity index is 723. The Labute approximate surface area is 141 Å². The number of amides is 1. The van der Waals surface area contributed by atoms with E-state index in [4.69, 9.17) is 0 Å². The zero-order valence-corrected chi connectivity index (χ0v) is 13.7. The van der Waals surface area contributed by atoms with Gasteiger partial charge in [-0.15, -0.1) is 0 Å². The second-order valence-electron chi connectivity index (χ2n) is 5.13. The number of nitrogens with one attached hydrogen (secondary N) is 1. The first-order valence-electron chi connectivity index (χ1n) is 7.76. The molecule has 0 aliphatic heterocycles. The maximum absolute atomic E-state index is 12.1. The van der Waals surface area contributed by atoms with E-state index < -0.39 is 0 Å². The maximum atomic E-state index is 12.1. The van der Waals surface area contributed by atoms with Crippen LogP contribution < -0.4 is 10.3 Å². The molecule has 0 aromatic heterocycles. The lowest BCUT2D eigenvalue weighted by atomic mass is 10.2. The summed E-state index contributed by atoms with van der Waals surface area (Å²) in [6.45, 7) is 5.96. The summed E-state index contributed by atoms with van der Waals surface area (Å²) in [4.78, 5) is 14.2. The number of para-hydroxylation sites is 1. The third-order valence-corrected chi connectivity index (χ3v) is 3.67. The van der Waals surface area contributed by atoms with Crippen molar-refractivity contribution in [3.8, 4) is 11.5 Å². The van der Waals surface area contributed by atoms with Gasteiger partial charge in [-0.2, -0.15) is 5.10 Å². The van der Waals surface area contributed by atoms with Gasteiger partial charge in [-0.3, -0.25) is 4.79 Å². The summed E-state index contributed by atoms with van der Waals surface area (Å²) >= 11 is 0. The number of carbonyl (C=O) groups is 1. The highest BCUT2D eigenvalue weighted by Crippen LogP contribution is 2.26. The molecule has 0 aliphatic rings. The molecule has 0 spiro atoms. The van der Waals surface area contributed by atoms with Gasteiger partial charge in [0.1, 0.15) is 0 Å². The summed E-state index contributed by atoms with van der Waals surface area (Å²) in [7, 11) is 0. The first-order chi connectivity index (χ1) is 11.6. The third kappa shape index (κ3) is 4.04. The highest BCUT2D eigenvalue weighted by atomic mass is 16.3. The van der Waals surface area contributed by atoms with E-state index in [-0.39, 0.29) is 17.4 Å². The molecule has 2 aromatic carbocycles. The van der Waals surface area contributed by atoms with Crippen LogP contribution >= 0.6 is 0 Å². The number of rotatable bonds is 6. The van der Waals surface area contributed by atoms with Crippen LogP contribution in [-0.4, -0.2) is 35.4 Å². The van der Waals surface area contributed by atoms with E-state index in [0.29, 0.717) is 11.1 Å². The van der Waals surface area contributed by atoms with Gasteiger partial charge in [0.15, 0.2) is 11.5 Å². The van der Waals surface area contributed by atoms with Crippen molar-refractivity contribution in [2.45, 2.75) is 13.8 Å². The lowest BCUT2D eigenvalue weighted by molar-refractivity contribution is 0.0955. The predicted molar refractivity (Wildman–Crippen MR) is 94.8 cm³/mol. The van der Waals surface area contributed by atoms with E-state index >= 15 is 0 Å². The molecule has 126 valence electrons. The molecule has 3 N–H and O–H groups in total. The van der Waals surface area contributed by atoms with Crippen LogP contribution in [0.3, 0.4) is 0 Å². The Morgan fingerprint density at radius 2 is 1.79 bits per heavy atom. The quantitative estimate of drug-likeness (QED) is 0.433. The molecule has 6 nitrogen and oxygen atoms in total. The summed E-state index contributed by atoms with van der Waals surface area (Å²) in [5, 5.41) is 22.8. The van der Waals surface area contributed by atoms with Crippen LogP contribution in [0.1, 0.15) is 29.8 Å². The van der Waals surface area contributed by atoms with Crippen molar-refractivity contribution in [2.75, 3.05) is 18.0 Å². The van der Waals surface area contributed by atoms with Crippen molar-refractivity contribution in [2.24, 2.45) is 5.10 Å². The Kier molecular flexibility index (Phi) is 5.78. The van der Waals surface area contributed by atoms with E-state index in [1.54, 1.807) is 24.3 Å². The van der Waals surface area contributed by atoms with Crippen LogP contribution in [0.25, 0.3) is 0 Å². The van der Waals surface area contributed by atoms with Crippen molar-refractivity contribution in [3.63, 3.8) is 0 Å². The van der Waals surface area contributed by atoms with E-state index in [2.05, 4.69) is 29.3 Å². The van der Waals surface area contributed by atoms with Gasteiger partial charge < -0.3 is 15.1 Å². The molecule has 0 saturated carbocycles. The minimum atomic E-state index is -0.350. The molecule has 0 fully saturated rings. The summed E-state index contributed by atoms with van der Waals surface area (Å²) < 4.78 is 0. The smallest absolute Gasteiger partial charge is 0.271 e. The van der Waals surface area contributed by atoms with Crippen LogP contribution in [0.15, 0.2) is 47.6 Å². The molecule has 0 bridgehead atoms. The molecule has 0 atom stereocenters. The Hall–Kier alpha value is -3.02. The van der Waals surface area contributed by atoms with Crippen molar-refractivity contribution in [1.82, 2.24) is 5.43 Å². The van der Waals surface area contributed by atoms with Gasteiger partial charge >= 0.3 is 0 Å². The molecule has 2 rings (SSSR count). The highest BCUT2D eigenvalue weighted by molar-refractivity contribution is 5.95. The standard InChI is InChI=1S/C18H21N3O3/c1-3-21(4-2)15-10-8-13(9-11-15)18(24)20-19-12-14-6-5-7-16(22)17(14)23/h5-12,22-23H,3-4H2,1-2H3,(H,20,24)/b19-12+. The molecular formula is C18H21N3O3. The SMILES string of the molecule is CCN(CC)c1ccc(C(=O)N/N=C/c2cccc(O)c2O)cc1. The molecule has 0 unspecified atom stereocenters. The Morgan fingerprint density at radius 3 is 2.42 bits per heavy atom. The van der Waals surface area contributed by atoms with Gasteiger partial charge in [0.25, 0.3) is 5.91 Å². The molecule has 0 saturated heterocycles. The van der Waals surface area contributed by atoms with Crippen LogP contribution in [0.5, 0.6) is 11.5 Å². The number of nitrogens with zero attached hydrogens (tertiary/aromatic N) is 2. The minimum Gasteiger partial charge on any atom is -0.504 e. The molecule has 0 radical (unpaired) electrons. The lowest BCUT2D eigenvalue weighted by Crippen LogP contribution is -2.22. The van der Waals surface area contributed by atoms with Crippen molar-refractivity contribution in [3.05, 3.63) is 53.6 Å². The second-order valence-corrected chi connectivity index (χ2v) is 5.13. The lowest BCUT2D eigenvalue weighted by Gasteiger charge is -2.20. The van der Waals surface area contributed by atoms with E-state index in [9.17, 15) is 15.0 Å². The largest absolute Gasteiger partial charge is 0.504 e. The van der Waals surface area contributed by atoms with E-state index in [1.807, 2.05) is 12.1 Å². The van der Waals surface area contributed by atoms with E-state index in [1.165, 1.54) is 12.3 Å². The van der Waals surface area contributed by atoms with Crippen LogP contribution in [0.2, 0.25) is 0 Å². The van der Waals surface area contributed by atoms with Gasteiger partial charge in [0.2, 0.25) is 0 Å². The van der Waals surface area contributed by atoms with Gasteiger partial charge in [0, 0.05) is 29.9 Å². The summed E-state index contributed by atoms with van der Waals surface area (Å²) in [6, 6.07) is 11.8.